The van der Waals surface area contributed by atoms with E-state index in [0.29, 0.717) is 12.1 Å². The number of carbonyl (C=O) groups excluding carboxylic acids is 1. The summed E-state index contributed by atoms with van der Waals surface area (Å²) in [6.45, 7) is 2.12. The van der Waals surface area contributed by atoms with Gasteiger partial charge < -0.3 is 15.7 Å². The van der Waals surface area contributed by atoms with Gasteiger partial charge in [-0.2, -0.15) is 13.2 Å². The maximum atomic E-state index is 13.1. The van der Waals surface area contributed by atoms with E-state index >= 15 is 0 Å². The van der Waals surface area contributed by atoms with Gasteiger partial charge in [-0.3, -0.25) is 9.59 Å². The second-order valence-corrected chi connectivity index (χ2v) is 6.22. The van der Waals surface area contributed by atoms with Crippen LogP contribution in [-0.4, -0.2) is 23.0 Å². The molecule has 8 heteroatoms. The summed E-state index contributed by atoms with van der Waals surface area (Å²) in [5.74, 6) is -0.424. The molecule has 0 bridgehead atoms. The lowest BCUT2D eigenvalue weighted by Crippen LogP contribution is -2.47. The van der Waals surface area contributed by atoms with E-state index in [1.165, 1.54) is 0 Å². The van der Waals surface area contributed by atoms with Crippen molar-refractivity contribution >= 4 is 12.4 Å². The lowest BCUT2D eigenvalue weighted by molar-refractivity contribution is -0.138. The zero-order valence-electron chi connectivity index (χ0n) is 13.2. The molecule has 0 spiro atoms. The third-order valence-electron chi connectivity index (χ3n) is 4.46. The summed E-state index contributed by atoms with van der Waals surface area (Å²) in [5, 5.41) is 12.6. The van der Waals surface area contributed by atoms with Crippen molar-refractivity contribution in [2.24, 2.45) is 0 Å². The fourth-order valence-corrected chi connectivity index (χ4v) is 2.94. The van der Waals surface area contributed by atoms with E-state index < -0.39 is 17.6 Å². The molecule has 1 aromatic carbocycles. The molecule has 1 aliphatic heterocycles. The first-order valence-corrected chi connectivity index (χ1v) is 7.54. The van der Waals surface area contributed by atoms with Crippen molar-refractivity contribution in [1.82, 2.24) is 10.6 Å². The fraction of sp³-hybridized carbons (Fsp3) is 0.500. The minimum Gasteiger partial charge on any atom is -0.483 e. The van der Waals surface area contributed by atoms with Crippen molar-refractivity contribution in [2.75, 3.05) is 0 Å². The van der Waals surface area contributed by atoms with Gasteiger partial charge in [0.2, 0.25) is 0 Å². The Kier molecular flexibility index (Phi) is 5.17. The average Bonchev–Trinajstić information content (AvgIpc) is 2.84. The smallest absolute Gasteiger partial charge is 0.416 e. The van der Waals surface area contributed by atoms with Gasteiger partial charge in [0, 0.05) is 24.2 Å². The highest BCUT2D eigenvalue weighted by molar-refractivity contribution is 5.99. The standard InChI is InChI=1S/C15H17F3N2O.CH2O2/c1-14(3-2-4-14)20-7-9-5-10-11(8-19-13(10)21)12(6-9)15(16,17)18;2-1-3/h5-6,20H,2-4,7-8H2,1H3,(H,19,21);1H,(H,2,3). The minimum absolute atomic E-state index is 0.0136. The average molecular weight is 344 g/mol. The predicted molar refractivity (Wildman–Crippen MR) is 80.4 cm³/mol. The number of fused-ring (bicyclic) bond motifs is 1. The molecule has 0 atom stereocenters. The molecule has 1 heterocycles. The van der Waals surface area contributed by atoms with E-state index in [2.05, 4.69) is 17.6 Å². The molecular weight excluding hydrogens is 325 g/mol. The Morgan fingerprint density at radius 2 is 2.00 bits per heavy atom. The summed E-state index contributed by atoms with van der Waals surface area (Å²) in [6.07, 6.45) is -1.23. The van der Waals surface area contributed by atoms with Crippen LogP contribution in [0.4, 0.5) is 13.2 Å². The Labute approximate surface area is 137 Å². The molecule has 0 radical (unpaired) electrons. The van der Waals surface area contributed by atoms with Crippen LogP contribution in [0, 0.1) is 0 Å². The van der Waals surface area contributed by atoms with Gasteiger partial charge in [-0.25, -0.2) is 0 Å². The van der Waals surface area contributed by atoms with Crippen molar-refractivity contribution in [3.8, 4) is 0 Å². The Bertz CT molecular complexity index is 640. The Hall–Kier alpha value is -2.09. The highest BCUT2D eigenvalue weighted by Crippen LogP contribution is 2.36. The first-order valence-electron chi connectivity index (χ1n) is 7.54. The molecule has 5 nitrogen and oxygen atoms in total. The lowest BCUT2D eigenvalue weighted by Gasteiger charge is -2.39. The van der Waals surface area contributed by atoms with Gasteiger partial charge in [0.05, 0.1) is 5.56 Å². The number of alkyl halides is 3. The third-order valence-corrected chi connectivity index (χ3v) is 4.46. The van der Waals surface area contributed by atoms with Gasteiger partial charge in [-0.15, -0.1) is 0 Å². The van der Waals surface area contributed by atoms with E-state index in [9.17, 15) is 18.0 Å². The third kappa shape index (κ3) is 3.87. The van der Waals surface area contributed by atoms with Crippen LogP contribution < -0.4 is 10.6 Å². The summed E-state index contributed by atoms with van der Waals surface area (Å²) in [4.78, 5) is 20.0. The van der Waals surface area contributed by atoms with Crippen molar-refractivity contribution in [2.45, 2.75) is 51.0 Å². The van der Waals surface area contributed by atoms with Crippen LogP contribution >= 0.6 is 0 Å². The van der Waals surface area contributed by atoms with Gasteiger partial charge >= 0.3 is 6.18 Å². The molecule has 0 unspecified atom stereocenters. The summed E-state index contributed by atoms with van der Waals surface area (Å²) in [6, 6.07) is 2.73. The zero-order chi connectivity index (χ0) is 18.0. The highest BCUT2D eigenvalue weighted by atomic mass is 19.4. The van der Waals surface area contributed by atoms with Crippen LogP contribution in [0.5, 0.6) is 0 Å². The maximum Gasteiger partial charge on any atom is 0.416 e. The molecular formula is C16H19F3N2O3. The fourth-order valence-electron chi connectivity index (χ4n) is 2.94. The molecule has 1 aliphatic carbocycles. The van der Waals surface area contributed by atoms with Crippen LogP contribution in [-0.2, 0) is 24.1 Å². The van der Waals surface area contributed by atoms with E-state index in [1.807, 2.05) is 0 Å². The van der Waals surface area contributed by atoms with Crippen LogP contribution in [0.15, 0.2) is 12.1 Å². The molecule has 1 fully saturated rings. The van der Waals surface area contributed by atoms with Crippen LogP contribution in [0.25, 0.3) is 0 Å². The van der Waals surface area contributed by atoms with Crippen LogP contribution in [0.3, 0.4) is 0 Å². The maximum absolute atomic E-state index is 13.1. The Morgan fingerprint density at radius 1 is 1.38 bits per heavy atom. The van der Waals surface area contributed by atoms with Crippen molar-refractivity contribution in [3.05, 3.63) is 34.4 Å². The molecule has 24 heavy (non-hydrogen) atoms. The number of benzene rings is 1. The number of amides is 1. The molecule has 1 saturated carbocycles. The van der Waals surface area contributed by atoms with Crippen LogP contribution in [0.2, 0.25) is 0 Å². The highest BCUT2D eigenvalue weighted by Gasteiger charge is 2.38. The normalized spacial score (nSPS) is 17.9. The molecule has 0 aromatic heterocycles. The second-order valence-electron chi connectivity index (χ2n) is 6.22. The number of rotatable bonds is 3. The quantitative estimate of drug-likeness (QED) is 0.737. The number of halogens is 3. The number of hydrogen-bond acceptors (Lipinski definition) is 3. The predicted octanol–water partition coefficient (Wildman–Crippen LogP) is 2.68. The molecule has 132 valence electrons. The second kappa shape index (κ2) is 6.80. The first kappa shape index (κ1) is 18.3. The molecule has 3 N–H and O–H groups in total. The van der Waals surface area contributed by atoms with E-state index in [0.717, 1.165) is 25.3 Å². The monoisotopic (exact) mass is 344 g/mol. The molecule has 2 aliphatic rings. The number of nitrogens with one attached hydrogen (secondary N) is 2. The summed E-state index contributed by atoms with van der Waals surface area (Å²) in [7, 11) is 0. The number of carbonyl (C=O) groups is 2. The van der Waals surface area contributed by atoms with Crippen molar-refractivity contribution in [1.29, 1.82) is 0 Å². The summed E-state index contributed by atoms with van der Waals surface area (Å²) >= 11 is 0. The molecule has 1 aromatic rings. The summed E-state index contributed by atoms with van der Waals surface area (Å²) < 4.78 is 39.4. The van der Waals surface area contributed by atoms with E-state index in [1.54, 1.807) is 6.07 Å². The SMILES string of the molecule is CC1(NCc2cc3c(c(C(F)(F)F)c2)CNC3=O)CCC1.O=CO. The molecule has 1 amide bonds. The van der Waals surface area contributed by atoms with Gasteiger partial charge in [0.15, 0.2) is 0 Å². The van der Waals surface area contributed by atoms with Gasteiger partial charge in [0.1, 0.15) is 0 Å². The Morgan fingerprint density at radius 3 is 2.50 bits per heavy atom. The molecule has 0 saturated heterocycles. The van der Waals surface area contributed by atoms with Crippen LogP contribution in [0.1, 0.15) is 53.2 Å². The minimum atomic E-state index is -4.44. The van der Waals surface area contributed by atoms with Crippen molar-refractivity contribution in [3.63, 3.8) is 0 Å². The van der Waals surface area contributed by atoms with Crippen molar-refractivity contribution < 1.29 is 27.9 Å². The van der Waals surface area contributed by atoms with Gasteiger partial charge in [0.25, 0.3) is 12.4 Å². The zero-order valence-corrected chi connectivity index (χ0v) is 13.2. The molecule has 3 rings (SSSR count). The number of carboxylic acid groups (broad SMARTS) is 1. The summed E-state index contributed by atoms with van der Waals surface area (Å²) in [5.41, 5.74) is 0.0336. The largest absolute Gasteiger partial charge is 0.483 e. The van der Waals surface area contributed by atoms with Gasteiger partial charge in [-0.1, -0.05) is 0 Å². The van der Waals surface area contributed by atoms with E-state index in [4.69, 9.17) is 9.90 Å². The van der Waals surface area contributed by atoms with E-state index in [-0.39, 0.29) is 29.7 Å². The topological polar surface area (TPSA) is 78.4 Å². The van der Waals surface area contributed by atoms with Gasteiger partial charge in [-0.05, 0) is 49.4 Å². The number of hydrogen-bond donors (Lipinski definition) is 3. The lowest BCUT2D eigenvalue weighted by atomic mass is 9.78. The first-order chi connectivity index (χ1) is 11.2. The Balaban J connectivity index is 0.000000647.